The molecule has 1 fully saturated rings. The topological polar surface area (TPSA) is 81.7 Å². The molecule has 0 spiro atoms. The fourth-order valence-electron chi connectivity index (χ4n) is 2.46. The molecule has 1 heterocycles. The molecule has 24 heavy (non-hydrogen) atoms. The van der Waals surface area contributed by atoms with Crippen LogP contribution in [0.4, 0.5) is 0 Å². The lowest BCUT2D eigenvalue weighted by molar-refractivity contribution is -0.171. The Morgan fingerprint density at radius 2 is 1.96 bits per heavy atom. The van der Waals surface area contributed by atoms with E-state index in [1.807, 2.05) is 44.2 Å². The number of amides is 1. The summed E-state index contributed by atoms with van der Waals surface area (Å²) in [5.41, 5.74) is 0.864. The van der Waals surface area contributed by atoms with E-state index in [1.165, 1.54) is 0 Å². The molecule has 0 aromatic heterocycles. The standard InChI is InChI=1S/C18H23NO5/c1-12(2)10-15(24-17(21)14-8-9-16(20)19-14)18(22)23-11-13-6-4-3-5-7-13/h3-7,12,14-15H,8-11H2,1-2H3,(H,19,20)/t14-,15+/m0/s1. The summed E-state index contributed by atoms with van der Waals surface area (Å²) in [6, 6.07) is 8.63. The molecule has 0 aliphatic carbocycles. The zero-order valence-corrected chi connectivity index (χ0v) is 14.0. The summed E-state index contributed by atoms with van der Waals surface area (Å²) in [5.74, 6) is -1.16. The molecular weight excluding hydrogens is 310 g/mol. The molecule has 1 N–H and O–H groups in total. The molecule has 1 aromatic rings. The first-order chi connectivity index (χ1) is 11.5. The van der Waals surface area contributed by atoms with Gasteiger partial charge in [0.15, 0.2) is 6.10 Å². The van der Waals surface area contributed by atoms with E-state index in [1.54, 1.807) is 0 Å². The van der Waals surface area contributed by atoms with Crippen LogP contribution < -0.4 is 5.32 Å². The summed E-state index contributed by atoms with van der Waals surface area (Å²) < 4.78 is 10.6. The van der Waals surface area contributed by atoms with Crippen molar-refractivity contribution in [3.05, 3.63) is 35.9 Å². The molecule has 2 atom stereocenters. The largest absolute Gasteiger partial charge is 0.458 e. The minimum Gasteiger partial charge on any atom is -0.458 e. The zero-order chi connectivity index (χ0) is 17.5. The Labute approximate surface area is 141 Å². The molecule has 6 heteroatoms. The van der Waals surface area contributed by atoms with Crippen LogP contribution in [0, 0.1) is 5.92 Å². The average Bonchev–Trinajstić information content (AvgIpc) is 2.99. The van der Waals surface area contributed by atoms with Gasteiger partial charge in [0.25, 0.3) is 0 Å². The van der Waals surface area contributed by atoms with Crippen molar-refractivity contribution in [1.29, 1.82) is 0 Å². The zero-order valence-electron chi connectivity index (χ0n) is 14.0. The predicted octanol–water partition coefficient (Wildman–Crippen LogP) is 1.97. The normalized spacial score (nSPS) is 18.1. The number of nitrogens with one attached hydrogen (secondary N) is 1. The number of hydrogen-bond acceptors (Lipinski definition) is 5. The van der Waals surface area contributed by atoms with Crippen molar-refractivity contribution in [3.63, 3.8) is 0 Å². The van der Waals surface area contributed by atoms with Gasteiger partial charge in [-0.3, -0.25) is 4.79 Å². The Kier molecular flexibility index (Phi) is 6.35. The fraction of sp³-hybridized carbons (Fsp3) is 0.500. The van der Waals surface area contributed by atoms with Gasteiger partial charge in [0.1, 0.15) is 12.6 Å². The monoisotopic (exact) mass is 333 g/mol. The number of ether oxygens (including phenoxy) is 2. The maximum absolute atomic E-state index is 12.3. The van der Waals surface area contributed by atoms with Crippen molar-refractivity contribution >= 4 is 17.8 Å². The summed E-state index contributed by atoms with van der Waals surface area (Å²) in [6.07, 6.45) is 0.108. The second kappa shape index (κ2) is 8.47. The molecule has 0 saturated carbocycles. The predicted molar refractivity (Wildman–Crippen MR) is 86.7 cm³/mol. The van der Waals surface area contributed by atoms with E-state index in [0.717, 1.165) is 5.56 Å². The Balaban J connectivity index is 1.92. The average molecular weight is 333 g/mol. The van der Waals surface area contributed by atoms with Crippen LogP contribution in [-0.4, -0.2) is 30.0 Å². The molecular formula is C18H23NO5. The van der Waals surface area contributed by atoms with Crippen molar-refractivity contribution in [3.8, 4) is 0 Å². The van der Waals surface area contributed by atoms with Crippen LogP contribution in [0.1, 0.15) is 38.7 Å². The maximum atomic E-state index is 12.3. The van der Waals surface area contributed by atoms with Gasteiger partial charge in [-0.1, -0.05) is 44.2 Å². The van der Waals surface area contributed by atoms with Crippen LogP contribution in [0.2, 0.25) is 0 Å². The Bertz CT molecular complexity index is 584. The van der Waals surface area contributed by atoms with E-state index in [0.29, 0.717) is 19.3 Å². The maximum Gasteiger partial charge on any atom is 0.347 e. The first-order valence-corrected chi connectivity index (χ1v) is 8.16. The molecule has 2 rings (SSSR count). The van der Waals surface area contributed by atoms with Crippen LogP contribution in [0.5, 0.6) is 0 Å². The molecule has 1 aliphatic rings. The number of carbonyl (C=O) groups excluding carboxylic acids is 3. The highest BCUT2D eigenvalue weighted by Crippen LogP contribution is 2.15. The third kappa shape index (κ3) is 5.37. The number of hydrogen-bond donors (Lipinski definition) is 1. The van der Waals surface area contributed by atoms with Gasteiger partial charge in [-0.25, -0.2) is 9.59 Å². The van der Waals surface area contributed by atoms with Gasteiger partial charge in [-0.05, 0) is 24.3 Å². The van der Waals surface area contributed by atoms with Gasteiger partial charge in [0.2, 0.25) is 5.91 Å². The highest BCUT2D eigenvalue weighted by Gasteiger charge is 2.33. The Morgan fingerprint density at radius 1 is 1.25 bits per heavy atom. The number of benzene rings is 1. The van der Waals surface area contributed by atoms with Crippen molar-refractivity contribution in [2.45, 2.75) is 51.9 Å². The second-order valence-electron chi connectivity index (χ2n) is 6.31. The first-order valence-electron chi connectivity index (χ1n) is 8.16. The van der Waals surface area contributed by atoms with Crippen molar-refractivity contribution in [2.75, 3.05) is 0 Å². The van der Waals surface area contributed by atoms with Gasteiger partial charge in [0, 0.05) is 6.42 Å². The van der Waals surface area contributed by atoms with E-state index in [9.17, 15) is 14.4 Å². The van der Waals surface area contributed by atoms with Gasteiger partial charge < -0.3 is 14.8 Å². The van der Waals surface area contributed by atoms with Gasteiger partial charge >= 0.3 is 11.9 Å². The molecule has 1 aliphatic heterocycles. The molecule has 0 unspecified atom stereocenters. The van der Waals surface area contributed by atoms with Crippen molar-refractivity contribution in [2.24, 2.45) is 5.92 Å². The highest BCUT2D eigenvalue weighted by molar-refractivity contribution is 5.89. The van der Waals surface area contributed by atoms with Crippen LogP contribution in [0.25, 0.3) is 0 Å². The van der Waals surface area contributed by atoms with Crippen LogP contribution >= 0.6 is 0 Å². The first kappa shape index (κ1) is 18.0. The second-order valence-corrected chi connectivity index (χ2v) is 6.31. The van der Waals surface area contributed by atoms with E-state index in [2.05, 4.69) is 5.32 Å². The van der Waals surface area contributed by atoms with Crippen LogP contribution in [0.15, 0.2) is 30.3 Å². The molecule has 1 saturated heterocycles. The number of rotatable bonds is 7. The summed E-state index contributed by atoms with van der Waals surface area (Å²) in [7, 11) is 0. The number of esters is 2. The fourth-order valence-corrected chi connectivity index (χ4v) is 2.46. The van der Waals surface area contributed by atoms with Crippen LogP contribution in [0.3, 0.4) is 0 Å². The quantitative estimate of drug-likeness (QED) is 0.772. The molecule has 130 valence electrons. The summed E-state index contributed by atoms with van der Waals surface area (Å²) in [5, 5.41) is 2.54. The van der Waals surface area contributed by atoms with E-state index < -0.39 is 24.1 Å². The third-order valence-electron chi connectivity index (χ3n) is 3.71. The summed E-state index contributed by atoms with van der Waals surface area (Å²) in [4.78, 5) is 35.6. The minimum atomic E-state index is -0.960. The summed E-state index contributed by atoms with van der Waals surface area (Å²) >= 11 is 0. The molecule has 0 bridgehead atoms. The lowest BCUT2D eigenvalue weighted by Crippen LogP contribution is -2.39. The summed E-state index contributed by atoms with van der Waals surface area (Å²) in [6.45, 7) is 4.00. The smallest absolute Gasteiger partial charge is 0.347 e. The van der Waals surface area contributed by atoms with Crippen LogP contribution in [-0.2, 0) is 30.5 Å². The van der Waals surface area contributed by atoms with E-state index in [-0.39, 0.29) is 18.4 Å². The van der Waals surface area contributed by atoms with Gasteiger partial charge in [-0.15, -0.1) is 0 Å². The molecule has 0 radical (unpaired) electrons. The molecule has 6 nitrogen and oxygen atoms in total. The number of carbonyl (C=O) groups is 3. The highest BCUT2D eigenvalue weighted by atomic mass is 16.6. The van der Waals surface area contributed by atoms with Gasteiger partial charge in [-0.2, -0.15) is 0 Å². The van der Waals surface area contributed by atoms with E-state index in [4.69, 9.17) is 9.47 Å². The Morgan fingerprint density at radius 3 is 2.54 bits per heavy atom. The van der Waals surface area contributed by atoms with E-state index >= 15 is 0 Å². The van der Waals surface area contributed by atoms with Crippen molar-refractivity contribution in [1.82, 2.24) is 5.32 Å². The SMILES string of the molecule is CC(C)C[C@@H](OC(=O)[C@@H]1CCC(=O)N1)C(=O)OCc1ccccc1. The Hall–Kier alpha value is -2.37. The van der Waals surface area contributed by atoms with Gasteiger partial charge in [0.05, 0.1) is 0 Å². The molecule has 1 aromatic carbocycles. The minimum absolute atomic E-state index is 0.131. The molecule has 1 amide bonds. The van der Waals surface area contributed by atoms with Crippen molar-refractivity contribution < 1.29 is 23.9 Å². The lowest BCUT2D eigenvalue weighted by atomic mass is 10.1. The third-order valence-corrected chi connectivity index (χ3v) is 3.71. The lowest BCUT2D eigenvalue weighted by Gasteiger charge is -2.20.